The van der Waals surface area contributed by atoms with Crippen LogP contribution in [-0.2, 0) is 4.79 Å². The highest BCUT2D eigenvalue weighted by Gasteiger charge is 2.16. The molecule has 0 spiro atoms. The number of rotatable bonds is 4. The first-order valence-electron chi connectivity index (χ1n) is 6.04. The van der Waals surface area contributed by atoms with Crippen molar-refractivity contribution in [3.63, 3.8) is 0 Å². The van der Waals surface area contributed by atoms with E-state index in [2.05, 4.69) is 5.32 Å². The van der Waals surface area contributed by atoms with Gasteiger partial charge in [0.15, 0.2) is 6.10 Å². The van der Waals surface area contributed by atoms with Gasteiger partial charge in [0.1, 0.15) is 11.6 Å². The van der Waals surface area contributed by atoms with Gasteiger partial charge in [-0.2, -0.15) is 0 Å². The summed E-state index contributed by atoms with van der Waals surface area (Å²) in [6.45, 7) is 1.62. The predicted octanol–water partition coefficient (Wildman–Crippen LogP) is 3.89. The Labute approximate surface area is 121 Å². The van der Waals surface area contributed by atoms with Crippen LogP contribution in [0.2, 0.25) is 5.02 Å². The first kappa shape index (κ1) is 14.3. The van der Waals surface area contributed by atoms with Crippen LogP contribution in [0.15, 0.2) is 48.5 Å². The highest BCUT2D eigenvalue weighted by Crippen LogP contribution is 2.22. The summed E-state index contributed by atoms with van der Waals surface area (Å²) in [6, 6.07) is 12.8. The van der Waals surface area contributed by atoms with Gasteiger partial charge in [-0.15, -0.1) is 0 Å². The van der Waals surface area contributed by atoms with Crippen molar-refractivity contribution in [2.45, 2.75) is 13.0 Å². The maximum Gasteiger partial charge on any atom is 0.265 e. The molecule has 0 saturated heterocycles. The topological polar surface area (TPSA) is 38.3 Å². The highest BCUT2D eigenvalue weighted by molar-refractivity contribution is 6.33. The van der Waals surface area contributed by atoms with Gasteiger partial charge in [0.25, 0.3) is 5.91 Å². The molecule has 20 heavy (non-hydrogen) atoms. The molecule has 2 aromatic carbocycles. The lowest BCUT2D eigenvalue weighted by atomic mass is 10.3. The average Bonchev–Trinajstić information content (AvgIpc) is 2.43. The summed E-state index contributed by atoms with van der Waals surface area (Å²) < 4.78 is 18.4. The molecule has 0 aliphatic carbocycles. The zero-order valence-electron chi connectivity index (χ0n) is 10.8. The smallest absolute Gasteiger partial charge is 0.265 e. The molecule has 2 rings (SSSR count). The van der Waals surface area contributed by atoms with Crippen LogP contribution in [0.1, 0.15) is 6.92 Å². The van der Waals surface area contributed by atoms with Crippen LogP contribution in [0.25, 0.3) is 0 Å². The third kappa shape index (κ3) is 3.71. The average molecular weight is 294 g/mol. The molecule has 2 aromatic rings. The fraction of sp³-hybridized carbons (Fsp3) is 0.133. The van der Waals surface area contributed by atoms with Crippen molar-refractivity contribution < 1.29 is 13.9 Å². The van der Waals surface area contributed by atoms with E-state index in [1.54, 1.807) is 19.1 Å². The predicted molar refractivity (Wildman–Crippen MR) is 76.6 cm³/mol. The molecule has 0 heterocycles. The van der Waals surface area contributed by atoms with Gasteiger partial charge < -0.3 is 10.1 Å². The number of carbonyl (C=O) groups excluding carboxylic acids is 1. The Balaban J connectivity index is 2.01. The standard InChI is InChI=1S/C15H13ClFNO2/c1-10(20-12-5-3-2-4-6-12)15(19)18-14-8-7-11(17)9-13(14)16/h2-10H,1H3,(H,18,19)/t10-/m0/s1. The first-order chi connectivity index (χ1) is 9.56. The number of ether oxygens (including phenoxy) is 1. The Morgan fingerprint density at radius 2 is 1.95 bits per heavy atom. The Kier molecular flexibility index (Phi) is 4.58. The number of para-hydroxylation sites is 1. The lowest BCUT2D eigenvalue weighted by Crippen LogP contribution is -2.30. The number of hydrogen-bond donors (Lipinski definition) is 1. The second kappa shape index (κ2) is 6.39. The molecule has 0 bridgehead atoms. The van der Waals surface area contributed by atoms with Crippen molar-refractivity contribution in [1.82, 2.24) is 0 Å². The zero-order valence-corrected chi connectivity index (χ0v) is 11.5. The number of amides is 1. The molecule has 3 nitrogen and oxygen atoms in total. The third-order valence-corrected chi connectivity index (χ3v) is 2.93. The lowest BCUT2D eigenvalue weighted by Gasteiger charge is -2.15. The Morgan fingerprint density at radius 3 is 2.60 bits per heavy atom. The van der Waals surface area contributed by atoms with E-state index in [4.69, 9.17) is 16.3 Å². The maximum absolute atomic E-state index is 12.9. The van der Waals surface area contributed by atoms with Crippen LogP contribution in [-0.4, -0.2) is 12.0 Å². The number of nitrogens with one attached hydrogen (secondary N) is 1. The van der Waals surface area contributed by atoms with Crippen LogP contribution >= 0.6 is 11.6 Å². The van der Waals surface area contributed by atoms with E-state index in [1.807, 2.05) is 18.2 Å². The third-order valence-electron chi connectivity index (χ3n) is 2.61. The van der Waals surface area contributed by atoms with E-state index < -0.39 is 11.9 Å². The summed E-state index contributed by atoms with van der Waals surface area (Å²) >= 11 is 5.84. The molecule has 0 aliphatic rings. The Hall–Kier alpha value is -2.07. The van der Waals surface area contributed by atoms with Gasteiger partial charge in [0.2, 0.25) is 0 Å². The number of halogens is 2. The molecule has 1 atom stereocenters. The minimum atomic E-state index is -0.696. The van der Waals surface area contributed by atoms with Crippen molar-refractivity contribution >= 4 is 23.2 Å². The summed E-state index contributed by atoms with van der Waals surface area (Å²) in [5, 5.41) is 2.74. The van der Waals surface area contributed by atoms with Gasteiger partial charge in [0, 0.05) is 0 Å². The quantitative estimate of drug-likeness (QED) is 0.929. The molecule has 0 aliphatic heterocycles. The molecule has 0 saturated carbocycles. The largest absolute Gasteiger partial charge is 0.481 e. The van der Waals surface area contributed by atoms with E-state index in [9.17, 15) is 9.18 Å². The normalized spacial score (nSPS) is 11.8. The second-order valence-electron chi connectivity index (χ2n) is 4.19. The second-order valence-corrected chi connectivity index (χ2v) is 4.59. The molecule has 1 amide bonds. The minimum Gasteiger partial charge on any atom is -0.481 e. The van der Waals surface area contributed by atoms with Gasteiger partial charge in [-0.3, -0.25) is 4.79 Å². The van der Waals surface area contributed by atoms with Gasteiger partial charge >= 0.3 is 0 Å². The van der Waals surface area contributed by atoms with Crippen molar-refractivity contribution in [3.8, 4) is 5.75 Å². The monoisotopic (exact) mass is 293 g/mol. The summed E-state index contributed by atoms with van der Waals surface area (Å²) in [6.07, 6.45) is -0.696. The van der Waals surface area contributed by atoms with Crippen molar-refractivity contribution in [2.75, 3.05) is 5.32 Å². The van der Waals surface area contributed by atoms with E-state index >= 15 is 0 Å². The van der Waals surface area contributed by atoms with Gasteiger partial charge in [0.05, 0.1) is 10.7 Å². The minimum absolute atomic E-state index is 0.144. The summed E-state index contributed by atoms with van der Waals surface area (Å²) in [4.78, 5) is 12.0. The van der Waals surface area contributed by atoms with Gasteiger partial charge in [-0.05, 0) is 37.3 Å². The Bertz CT molecular complexity index is 604. The van der Waals surface area contributed by atoms with Crippen LogP contribution in [0.3, 0.4) is 0 Å². The van der Waals surface area contributed by atoms with Crippen LogP contribution in [0, 0.1) is 5.82 Å². The summed E-state index contributed by atoms with van der Waals surface area (Å²) in [5.41, 5.74) is 0.349. The van der Waals surface area contributed by atoms with Crippen LogP contribution in [0.4, 0.5) is 10.1 Å². The van der Waals surface area contributed by atoms with Gasteiger partial charge in [-0.1, -0.05) is 29.8 Å². The van der Waals surface area contributed by atoms with Crippen LogP contribution in [0.5, 0.6) is 5.75 Å². The van der Waals surface area contributed by atoms with Crippen LogP contribution < -0.4 is 10.1 Å². The SMILES string of the molecule is C[C@H](Oc1ccccc1)C(=O)Nc1ccc(F)cc1Cl. The number of benzene rings is 2. The van der Waals surface area contributed by atoms with Crippen molar-refractivity contribution in [3.05, 3.63) is 59.4 Å². The number of hydrogen-bond acceptors (Lipinski definition) is 2. The molecule has 1 N–H and O–H groups in total. The van der Waals surface area contributed by atoms with E-state index in [1.165, 1.54) is 12.1 Å². The highest BCUT2D eigenvalue weighted by atomic mass is 35.5. The molecule has 0 fully saturated rings. The maximum atomic E-state index is 12.9. The summed E-state index contributed by atoms with van der Waals surface area (Å²) in [7, 11) is 0. The van der Waals surface area contributed by atoms with E-state index in [-0.39, 0.29) is 10.9 Å². The number of anilines is 1. The van der Waals surface area contributed by atoms with E-state index in [0.717, 1.165) is 6.07 Å². The molecular formula is C15H13ClFNO2. The summed E-state index contributed by atoms with van der Waals surface area (Å²) in [5.74, 6) is -0.218. The fourth-order valence-corrected chi connectivity index (χ4v) is 1.80. The fourth-order valence-electron chi connectivity index (χ4n) is 1.58. The van der Waals surface area contributed by atoms with Gasteiger partial charge in [-0.25, -0.2) is 4.39 Å². The molecule has 0 aromatic heterocycles. The van der Waals surface area contributed by atoms with Crippen molar-refractivity contribution in [2.24, 2.45) is 0 Å². The molecule has 0 radical (unpaired) electrons. The Morgan fingerprint density at radius 1 is 1.25 bits per heavy atom. The first-order valence-corrected chi connectivity index (χ1v) is 6.41. The van der Waals surface area contributed by atoms with Crippen molar-refractivity contribution in [1.29, 1.82) is 0 Å². The molecule has 0 unspecified atom stereocenters. The van der Waals surface area contributed by atoms with E-state index in [0.29, 0.717) is 11.4 Å². The molecule has 104 valence electrons. The molecular weight excluding hydrogens is 281 g/mol. The zero-order chi connectivity index (χ0) is 14.5. The number of carbonyl (C=O) groups is 1. The lowest BCUT2D eigenvalue weighted by molar-refractivity contribution is -0.122. The molecule has 5 heteroatoms.